The number of rotatable bonds is 5. The molecule has 0 aliphatic heterocycles. The molecule has 0 saturated carbocycles. The fourth-order valence-electron chi connectivity index (χ4n) is 1.68. The Hall–Kier alpha value is -1.95. The van der Waals surface area contributed by atoms with Crippen molar-refractivity contribution in [3.05, 3.63) is 39.4 Å². The second-order valence-corrected chi connectivity index (χ2v) is 4.06. The summed E-state index contributed by atoms with van der Waals surface area (Å²) in [5.41, 5.74) is 0.384. The first-order valence-corrected chi connectivity index (χ1v) is 5.51. The standard InChI is InChI=1S/C12H16N2O4/c1-8-5-4-6-10(11(8)14(16)17)12(15)13-9(2)7-18-3/h4-6,9H,7H2,1-3H3,(H,13,15). The molecular formula is C12H16N2O4. The molecule has 0 aromatic heterocycles. The summed E-state index contributed by atoms with van der Waals surface area (Å²) in [6.45, 7) is 3.72. The molecule has 0 spiro atoms. The van der Waals surface area contributed by atoms with Crippen molar-refractivity contribution >= 4 is 11.6 Å². The zero-order valence-corrected chi connectivity index (χ0v) is 10.6. The van der Waals surface area contributed by atoms with Gasteiger partial charge in [0.2, 0.25) is 0 Å². The summed E-state index contributed by atoms with van der Waals surface area (Å²) in [7, 11) is 1.53. The van der Waals surface area contributed by atoms with Crippen LogP contribution in [0.5, 0.6) is 0 Å². The first-order valence-electron chi connectivity index (χ1n) is 5.51. The maximum absolute atomic E-state index is 11.9. The average Bonchev–Trinajstić information content (AvgIpc) is 2.28. The maximum atomic E-state index is 11.9. The van der Waals surface area contributed by atoms with Crippen LogP contribution in [0.1, 0.15) is 22.8 Å². The Kier molecular flexibility index (Phi) is 4.79. The number of hydrogen-bond acceptors (Lipinski definition) is 4. The van der Waals surface area contributed by atoms with Crippen molar-refractivity contribution in [1.82, 2.24) is 5.32 Å². The van der Waals surface area contributed by atoms with Gasteiger partial charge in [0, 0.05) is 18.7 Å². The first kappa shape index (κ1) is 14.1. The van der Waals surface area contributed by atoms with Crippen LogP contribution in [-0.2, 0) is 4.74 Å². The highest BCUT2D eigenvalue weighted by molar-refractivity contribution is 5.98. The van der Waals surface area contributed by atoms with Crippen LogP contribution in [0, 0.1) is 17.0 Å². The molecule has 1 rings (SSSR count). The topological polar surface area (TPSA) is 81.5 Å². The predicted molar refractivity (Wildman–Crippen MR) is 66.6 cm³/mol. The molecule has 98 valence electrons. The van der Waals surface area contributed by atoms with Gasteiger partial charge < -0.3 is 10.1 Å². The first-order chi connectivity index (χ1) is 8.47. The summed E-state index contributed by atoms with van der Waals surface area (Å²) in [6, 6.07) is 4.47. The number of para-hydroxylation sites is 1. The van der Waals surface area contributed by atoms with Crippen LogP contribution in [0.3, 0.4) is 0 Å². The largest absolute Gasteiger partial charge is 0.383 e. The summed E-state index contributed by atoms with van der Waals surface area (Å²) in [6.07, 6.45) is 0. The zero-order chi connectivity index (χ0) is 13.7. The number of methoxy groups -OCH3 is 1. The van der Waals surface area contributed by atoms with E-state index in [1.165, 1.54) is 13.2 Å². The molecule has 1 unspecified atom stereocenters. The number of amides is 1. The van der Waals surface area contributed by atoms with Gasteiger partial charge in [-0.05, 0) is 19.9 Å². The van der Waals surface area contributed by atoms with Gasteiger partial charge in [0.1, 0.15) is 5.56 Å². The Morgan fingerprint density at radius 2 is 2.22 bits per heavy atom. The fourth-order valence-corrected chi connectivity index (χ4v) is 1.68. The SMILES string of the molecule is COCC(C)NC(=O)c1cccc(C)c1[N+](=O)[O-]. The van der Waals surface area contributed by atoms with Gasteiger partial charge in [0.15, 0.2) is 0 Å². The lowest BCUT2D eigenvalue weighted by Gasteiger charge is -2.13. The van der Waals surface area contributed by atoms with Crippen LogP contribution >= 0.6 is 0 Å². The minimum atomic E-state index is -0.536. The number of carbonyl (C=O) groups is 1. The summed E-state index contributed by atoms with van der Waals surface area (Å²) in [5, 5.41) is 13.6. The van der Waals surface area contributed by atoms with Crippen molar-refractivity contribution in [1.29, 1.82) is 0 Å². The predicted octanol–water partition coefficient (Wildman–Crippen LogP) is 1.67. The minimum Gasteiger partial charge on any atom is -0.383 e. The number of aryl methyl sites for hydroxylation is 1. The number of nitrogens with one attached hydrogen (secondary N) is 1. The molecular weight excluding hydrogens is 236 g/mol. The fraction of sp³-hybridized carbons (Fsp3) is 0.417. The number of nitro groups is 1. The number of ether oxygens (including phenoxy) is 1. The third-order valence-corrected chi connectivity index (χ3v) is 2.46. The molecule has 1 aromatic carbocycles. The summed E-state index contributed by atoms with van der Waals surface area (Å²) in [5.74, 6) is -0.463. The van der Waals surface area contributed by atoms with E-state index in [1.807, 2.05) is 0 Å². The summed E-state index contributed by atoms with van der Waals surface area (Å²) in [4.78, 5) is 22.4. The van der Waals surface area contributed by atoms with Gasteiger partial charge in [-0.25, -0.2) is 0 Å². The highest BCUT2D eigenvalue weighted by Gasteiger charge is 2.23. The van der Waals surface area contributed by atoms with Gasteiger partial charge in [-0.2, -0.15) is 0 Å². The highest BCUT2D eigenvalue weighted by Crippen LogP contribution is 2.22. The van der Waals surface area contributed by atoms with Gasteiger partial charge in [-0.15, -0.1) is 0 Å². The van der Waals surface area contributed by atoms with E-state index in [0.29, 0.717) is 12.2 Å². The van der Waals surface area contributed by atoms with Crippen LogP contribution < -0.4 is 5.32 Å². The molecule has 0 aliphatic rings. The van der Waals surface area contributed by atoms with E-state index in [-0.39, 0.29) is 17.3 Å². The van der Waals surface area contributed by atoms with E-state index in [4.69, 9.17) is 4.74 Å². The van der Waals surface area contributed by atoms with Crippen molar-refractivity contribution in [3.63, 3.8) is 0 Å². The maximum Gasteiger partial charge on any atom is 0.285 e. The Bertz CT molecular complexity index is 459. The Morgan fingerprint density at radius 3 is 2.78 bits per heavy atom. The van der Waals surface area contributed by atoms with Gasteiger partial charge in [0.25, 0.3) is 11.6 Å². The average molecular weight is 252 g/mol. The van der Waals surface area contributed by atoms with E-state index < -0.39 is 10.8 Å². The number of nitrogens with zero attached hydrogens (tertiary/aromatic N) is 1. The molecule has 0 radical (unpaired) electrons. The summed E-state index contributed by atoms with van der Waals surface area (Å²) < 4.78 is 4.89. The molecule has 6 nitrogen and oxygen atoms in total. The monoisotopic (exact) mass is 252 g/mol. The van der Waals surface area contributed by atoms with E-state index in [0.717, 1.165) is 0 Å². The van der Waals surface area contributed by atoms with Crippen LogP contribution in [0.2, 0.25) is 0 Å². The van der Waals surface area contributed by atoms with Gasteiger partial charge >= 0.3 is 0 Å². The minimum absolute atomic E-state index is 0.0722. The molecule has 6 heteroatoms. The van der Waals surface area contributed by atoms with Crippen molar-refractivity contribution in [2.45, 2.75) is 19.9 Å². The van der Waals surface area contributed by atoms with Crippen molar-refractivity contribution in [3.8, 4) is 0 Å². The normalized spacial score (nSPS) is 11.9. The lowest BCUT2D eigenvalue weighted by Crippen LogP contribution is -2.35. The van der Waals surface area contributed by atoms with E-state index >= 15 is 0 Å². The molecule has 1 aromatic rings. The molecule has 1 N–H and O–H groups in total. The summed E-state index contributed by atoms with van der Waals surface area (Å²) >= 11 is 0. The molecule has 1 atom stereocenters. The number of nitro benzene ring substituents is 1. The second kappa shape index (κ2) is 6.11. The quantitative estimate of drug-likeness (QED) is 0.638. The number of hydrogen-bond donors (Lipinski definition) is 1. The third kappa shape index (κ3) is 3.27. The third-order valence-electron chi connectivity index (χ3n) is 2.46. The molecule has 0 fully saturated rings. The van der Waals surface area contributed by atoms with Crippen LogP contribution in [0.25, 0.3) is 0 Å². The molecule has 18 heavy (non-hydrogen) atoms. The van der Waals surface area contributed by atoms with E-state index in [2.05, 4.69) is 5.32 Å². The number of carbonyl (C=O) groups excluding carboxylic acids is 1. The number of benzene rings is 1. The van der Waals surface area contributed by atoms with Crippen LogP contribution in [0.4, 0.5) is 5.69 Å². The smallest absolute Gasteiger partial charge is 0.285 e. The lowest BCUT2D eigenvalue weighted by atomic mass is 10.1. The Morgan fingerprint density at radius 1 is 1.56 bits per heavy atom. The van der Waals surface area contributed by atoms with E-state index in [1.54, 1.807) is 26.0 Å². The zero-order valence-electron chi connectivity index (χ0n) is 10.6. The van der Waals surface area contributed by atoms with E-state index in [9.17, 15) is 14.9 Å². The lowest BCUT2D eigenvalue weighted by molar-refractivity contribution is -0.385. The molecule has 0 saturated heterocycles. The molecule has 1 amide bonds. The van der Waals surface area contributed by atoms with Crippen molar-refractivity contribution in [2.24, 2.45) is 0 Å². The van der Waals surface area contributed by atoms with Crippen molar-refractivity contribution in [2.75, 3.05) is 13.7 Å². The molecule has 0 heterocycles. The van der Waals surface area contributed by atoms with Gasteiger partial charge in [0.05, 0.1) is 11.5 Å². The van der Waals surface area contributed by atoms with Crippen LogP contribution in [0.15, 0.2) is 18.2 Å². The van der Waals surface area contributed by atoms with Gasteiger partial charge in [-0.3, -0.25) is 14.9 Å². The molecule has 0 bridgehead atoms. The van der Waals surface area contributed by atoms with Crippen LogP contribution in [-0.4, -0.2) is 30.6 Å². The second-order valence-electron chi connectivity index (χ2n) is 4.06. The van der Waals surface area contributed by atoms with Gasteiger partial charge in [-0.1, -0.05) is 12.1 Å². The van der Waals surface area contributed by atoms with Crippen molar-refractivity contribution < 1.29 is 14.5 Å². The Balaban J connectivity index is 2.99. The Labute approximate surface area is 105 Å². The highest BCUT2D eigenvalue weighted by atomic mass is 16.6. The molecule has 0 aliphatic carbocycles.